The first kappa shape index (κ1) is 16.1. The number of carbonyl (C=O) groups is 2. The van der Waals surface area contributed by atoms with Gasteiger partial charge in [-0.1, -0.05) is 6.92 Å². The van der Waals surface area contributed by atoms with E-state index in [0.717, 1.165) is 0 Å². The molecular weight excluding hydrogens is 296 g/mol. The summed E-state index contributed by atoms with van der Waals surface area (Å²) in [6.07, 6.45) is 1.54. The second-order valence-corrected chi connectivity index (χ2v) is 8.29. The summed E-state index contributed by atoms with van der Waals surface area (Å²) in [6, 6.07) is -0.295. The second kappa shape index (κ2) is 5.82. The van der Waals surface area contributed by atoms with Crippen LogP contribution in [0.15, 0.2) is 0 Å². The molecule has 0 aromatic rings. The third kappa shape index (κ3) is 3.48. The van der Waals surface area contributed by atoms with Gasteiger partial charge in [0.05, 0.1) is 16.9 Å². The van der Waals surface area contributed by atoms with Crippen molar-refractivity contribution < 1.29 is 23.1 Å². The van der Waals surface area contributed by atoms with Crippen molar-refractivity contribution in [2.24, 2.45) is 11.3 Å². The molecule has 2 atom stereocenters. The lowest BCUT2D eigenvalue weighted by Crippen LogP contribution is -2.43. The molecule has 120 valence electrons. The molecule has 8 heteroatoms. The van der Waals surface area contributed by atoms with Gasteiger partial charge in [0.15, 0.2) is 9.84 Å². The zero-order valence-electron chi connectivity index (χ0n) is 12.2. The molecule has 21 heavy (non-hydrogen) atoms. The van der Waals surface area contributed by atoms with Crippen molar-refractivity contribution in [1.82, 2.24) is 10.2 Å². The molecule has 2 amide bonds. The normalized spacial score (nSPS) is 31.3. The lowest BCUT2D eigenvalue weighted by molar-refractivity contribution is -0.148. The van der Waals surface area contributed by atoms with E-state index < -0.39 is 21.2 Å². The maximum atomic E-state index is 12.1. The lowest BCUT2D eigenvalue weighted by Gasteiger charge is -2.23. The van der Waals surface area contributed by atoms with E-state index >= 15 is 0 Å². The number of hydrogen-bond donors (Lipinski definition) is 2. The molecule has 2 heterocycles. The van der Waals surface area contributed by atoms with E-state index in [1.54, 1.807) is 0 Å². The predicted octanol–water partition coefficient (Wildman–Crippen LogP) is 0.317. The molecule has 2 rings (SSSR count). The minimum absolute atomic E-state index is 0.0306. The first-order valence-corrected chi connectivity index (χ1v) is 9.07. The Morgan fingerprint density at radius 1 is 1.43 bits per heavy atom. The molecule has 2 aliphatic rings. The minimum Gasteiger partial charge on any atom is -0.481 e. The van der Waals surface area contributed by atoms with Crippen molar-refractivity contribution in [3.63, 3.8) is 0 Å². The van der Waals surface area contributed by atoms with Crippen molar-refractivity contribution in [2.45, 2.75) is 26.2 Å². The quantitative estimate of drug-likeness (QED) is 0.777. The molecule has 0 bridgehead atoms. The van der Waals surface area contributed by atoms with Gasteiger partial charge in [-0.25, -0.2) is 13.2 Å². The first-order valence-electron chi connectivity index (χ1n) is 7.24. The molecule has 0 aromatic carbocycles. The lowest BCUT2D eigenvalue weighted by atomic mass is 9.84. The number of aliphatic carboxylic acids is 1. The molecule has 2 saturated heterocycles. The van der Waals surface area contributed by atoms with Gasteiger partial charge in [-0.15, -0.1) is 0 Å². The number of carbonyl (C=O) groups excluding carboxylic acids is 1. The van der Waals surface area contributed by atoms with Crippen molar-refractivity contribution >= 4 is 21.8 Å². The van der Waals surface area contributed by atoms with E-state index in [1.165, 1.54) is 4.90 Å². The number of hydrogen-bond acceptors (Lipinski definition) is 4. The number of sulfone groups is 1. The summed E-state index contributed by atoms with van der Waals surface area (Å²) < 4.78 is 22.7. The summed E-state index contributed by atoms with van der Waals surface area (Å²) >= 11 is 0. The maximum absolute atomic E-state index is 12.1. The fourth-order valence-corrected chi connectivity index (χ4v) is 4.90. The van der Waals surface area contributed by atoms with Crippen molar-refractivity contribution in [1.29, 1.82) is 0 Å². The Balaban J connectivity index is 1.84. The number of nitrogens with one attached hydrogen (secondary N) is 1. The second-order valence-electron chi connectivity index (χ2n) is 6.07. The monoisotopic (exact) mass is 318 g/mol. The highest BCUT2D eigenvalue weighted by Gasteiger charge is 2.44. The van der Waals surface area contributed by atoms with Crippen molar-refractivity contribution in [2.75, 3.05) is 31.1 Å². The number of nitrogens with zero attached hydrogens (tertiary/aromatic N) is 1. The summed E-state index contributed by atoms with van der Waals surface area (Å²) in [4.78, 5) is 24.9. The predicted molar refractivity (Wildman–Crippen MR) is 76.7 cm³/mol. The molecule has 0 saturated carbocycles. The summed E-state index contributed by atoms with van der Waals surface area (Å²) in [5.41, 5.74) is -0.839. The smallest absolute Gasteiger partial charge is 0.317 e. The van der Waals surface area contributed by atoms with Crippen LogP contribution in [0, 0.1) is 11.3 Å². The topological polar surface area (TPSA) is 104 Å². The van der Waals surface area contributed by atoms with Crippen LogP contribution in [0.5, 0.6) is 0 Å². The van der Waals surface area contributed by atoms with Crippen LogP contribution in [0.1, 0.15) is 26.2 Å². The fraction of sp³-hybridized carbons (Fsp3) is 0.846. The summed E-state index contributed by atoms with van der Waals surface area (Å²) in [7, 11) is -2.94. The molecule has 2 unspecified atom stereocenters. The zero-order chi connectivity index (χ0) is 15.7. The van der Waals surface area contributed by atoms with Crippen LogP contribution in [-0.2, 0) is 14.6 Å². The number of carboxylic acids is 1. The molecular formula is C13H22N2O5S. The Morgan fingerprint density at radius 2 is 2.14 bits per heavy atom. The molecule has 7 nitrogen and oxygen atoms in total. The Bertz CT molecular complexity index is 533. The molecule has 0 spiro atoms. The standard InChI is InChI=1S/C13H22N2O5S/c1-2-13(11(16)17)4-5-15(9-13)12(18)14-7-10-3-6-21(19,20)8-10/h10H,2-9H2,1H3,(H,14,18)(H,16,17). The number of carboxylic acid groups (broad SMARTS) is 1. The Labute approximate surface area is 124 Å². The van der Waals surface area contributed by atoms with E-state index in [2.05, 4.69) is 5.32 Å². The maximum Gasteiger partial charge on any atom is 0.317 e. The Morgan fingerprint density at radius 3 is 2.62 bits per heavy atom. The summed E-state index contributed by atoms with van der Waals surface area (Å²) in [5.74, 6) is -0.574. The van der Waals surface area contributed by atoms with Crippen LogP contribution in [-0.4, -0.2) is 61.6 Å². The third-order valence-corrected chi connectivity index (χ3v) is 6.48. The highest BCUT2D eigenvalue weighted by molar-refractivity contribution is 7.91. The molecule has 2 aliphatic heterocycles. The first-order chi connectivity index (χ1) is 9.78. The molecule has 0 radical (unpaired) electrons. The molecule has 0 aromatic heterocycles. The fourth-order valence-electron chi connectivity index (χ4n) is 3.04. The minimum atomic E-state index is -2.94. The van der Waals surface area contributed by atoms with Gasteiger partial charge in [0.2, 0.25) is 0 Å². The van der Waals surface area contributed by atoms with Crippen LogP contribution >= 0.6 is 0 Å². The average Bonchev–Trinajstić information content (AvgIpc) is 3.00. The van der Waals surface area contributed by atoms with E-state index in [4.69, 9.17) is 0 Å². The van der Waals surface area contributed by atoms with E-state index in [9.17, 15) is 23.1 Å². The highest BCUT2D eigenvalue weighted by atomic mass is 32.2. The van der Waals surface area contributed by atoms with Gasteiger partial charge >= 0.3 is 12.0 Å². The van der Waals surface area contributed by atoms with Gasteiger partial charge in [-0.2, -0.15) is 0 Å². The Kier molecular flexibility index (Phi) is 4.46. The Hall–Kier alpha value is -1.31. The van der Waals surface area contributed by atoms with Crippen LogP contribution in [0.3, 0.4) is 0 Å². The van der Waals surface area contributed by atoms with Crippen molar-refractivity contribution in [3.05, 3.63) is 0 Å². The van der Waals surface area contributed by atoms with Gasteiger partial charge in [0.25, 0.3) is 0 Å². The third-order valence-electron chi connectivity index (χ3n) is 4.64. The van der Waals surface area contributed by atoms with Gasteiger partial charge in [0.1, 0.15) is 0 Å². The molecule has 2 N–H and O–H groups in total. The van der Waals surface area contributed by atoms with Crippen LogP contribution in [0.2, 0.25) is 0 Å². The van der Waals surface area contributed by atoms with Gasteiger partial charge < -0.3 is 15.3 Å². The average molecular weight is 318 g/mol. The van der Waals surface area contributed by atoms with Gasteiger partial charge in [-0.05, 0) is 25.2 Å². The van der Waals surface area contributed by atoms with Crippen LogP contribution in [0.25, 0.3) is 0 Å². The van der Waals surface area contributed by atoms with Crippen LogP contribution < -0.4 is 5.32 Å². The van der Waals surface area contributed by atoms with Crippen LogP contribution in [0.4, 0.5) is 4.79 Å². The van der Waals surface area contributed by atoms with Gasteiger partial charge in [-0.3, -0.25) is 4.79 Å². The zero-order valence-corrected chi connectivity index (χ0v) is 13.0. The number of amides is 2. The molecule has 0 aliphatic carbocycles. The highest BCUT2D eigenvalue weighted by Crippen LogP contribution is 2.34. The van der Waals surface area contributed by atoms with Gasteiger partial charge in [0, 0.05) is 19.6 Å². The summed E-state index contributed by atoms with van der Waals surface area (Å²) in [6.45, 7) is 2.79. The largest absolute Gasteiger partial charge is 0.481 e. The van der Waals surface area contributed by atoms with E-state index in [1.807, 2.05) is 6.92 Å². The van der Waals surface area contributed by atoms with E-state index in [-0.39, 0.29) is 30.0 Å². The molecule has 2 fully saturated rings. The number of urea groups is 1. The SMILES string of the molecule is CCC1(C(=O)O)CCN(C(=O)NCC2CCS(=O)(=O)C2)C1. The summed E-state index contributed by atoms with van der Waals surface area (Å²) in [5, 5.41) is 12.0. The van der Waals surface area contributed by atoms with Crippen molar-refractivity contribution in [3.8, 4) is 0 Å². The number of rotatable bonds is 4. The number of likely N-dealkylation sites (tertiary alicyclic amines) is 1. The van der Waals surface area contributed by atoms with E-state index in [0.29, 0.717) is 32.4 Å².